The number of carbonyl (C=O) groups excluding carboxylic acids is 1. The van der Waals surface area contributed by atoms with Crippen molar-refractivity contribution in [2.45, 2.75) is 0 Å². The molecule has 0 fully saturated rings. The van der Waals surface area contributed by atoms with Crippen LogP contribution in [0.2, 0.25) is 5.15 Å². The maximum absolute atomic E-state index is 13.0. The summed E-state index contributed by atoms with van der Waals surface area (Å²) in [5, 5.41) is 2.34. The predicted octanol–water partition coefficient (Wildman–Crippen LogP) is 3.40. The van der Waals surface area contributed by atoms with E-state index in [0.29, 0.717) is 12.1 Å². The minimum Gasteiger partial charge on any atom is -0.319 e. The molecular weight excluding hydrogens is 281 g/mol. The lowest BCUT2D eigenvalue weighted by Crippen LogP contribution is -2.13. The largest absolute Gasteiger partial charge is 0.319 e. The molecule has 19 heavy (non-hydrogen) atoms. The zero-order chi connectivity index (χ0) is 14.0. The van der Waals surface area contributed by atoms with Gasteiger partial charge in [0.1, 0.15) is 0 Å². The first-order valence-corrected chi connectivity index (χ1v) is 5.43. The van der Waals surface area contributed by atoms with Gasteiger partial charge in [-0.1, -0.05) is 11.6 Å². The molecule has 1 heterocycles. The van der Waals surface area contributed by atoms with Gasteiger partial charge in [-0.3, -0.25) is 4.79 Å². The molecule has 1 aromatic heterocycles. The van der Waals surface area contributed by atoms with Crippen LogP contribution in [-0.4, -0.2) is 10.9 Å². The first-order chi connectivity index (χ1) is 8.99. The molecule has 0 unspecified atom stereocenters. The van der Waals surface area contributed by atoms with E-state index in [9.17, 15) is 18.0 Å². The van der Waals surface area contributed by atoms with Gasteiger partial charge in [-0.15, -0.1) is 0 Å². The molecule has 1 aromatic carbocycles. The summed E-state index contributed by atoms with van der Waals surface area (Å²) in [6.07, 6.45) is 1.41. The zero-order valence-electron chi connectivity index (χ0n) is 9.25. The van der Waals surface area contributed by atoms with Gasteiger partial charge in [-0.2, -0.15) is 0 Å². The average molecular weight is 287 g/mol. The van der Waals surface area contributed by atoms with Gasteiger partial charge in [-0.05, 0) is 24.3 Å². The van der Waals surface area contributed by atoms with Crippen LogP contribution in [0.4, 0.5) is 18.9 Å². The van der Waals surface area contributed by atoms with Crippen LogP contribution >= 0.6 is 11.6 Å². The van der Waals surface area contributed by atoms with Crippen molar-refractivity contribution in [2.24, 2.45) is 0 Å². The fraction of sp³-hybridized carbons (Fsp3) is 0. The molecule has 1 amide bonds. The Morgan fingerprint density at radius 3 is 2.42 bits per heavy atom. The fourth-order valence-corrected chi connectivity index (χ4v) is 1.53. The number of rotatable bonds is 2. The number of carbonyl (C=O) groups is 1. The molecule has 0 radical (unpaired) electrons. The van der Waals surface area contributed by atoms with E-state index >= 15 is 0 Å². The van der Waals surface area contributed by atoms with E-state index in [0.717, 1.165) is 0 Å². The minimum atomic E-state index is -1.63. The third-order valence-corrected chi connectivity index (χ3v) is 2.55. The van der Waals surface area contributed by atoms with Crippen LogP contribution in [-0.2, 0) is 0 Å². The molecule has 7 heteroatoms. The van der Waals surface area contributed by atoms with Crippen LogP contribution in [0.25, 0.3) is 0 Å². The Hall–Kier alpha value is -2.08. The highest BCUT2D eigenvalue weighted by Gasteiger charge is 2.15. The van der Waals surface area contributed by atoms with E-state index in [4.69, 9.17) is 11.6 Å². The number of nitrogens with zero attached hydrogens (tertiary/aromatic N) is 1. The second-order valence-corrected chi connectivity index (χ2v) is 3.91. The normalized spacial score (nSPS) is 10.3. The predicted molar refractivity (Wildman–Crippen MR) is 63.5 cm³/mol. The van der Waals surface area contributed by atoms with Crippen molar-refractivity contribution in [2.75, 3.05) is 5.32 Å². The van der Waals surface area contributed by atoms with Crippen molar-refractivity contribution in [3.63, 3.8) is 0 Å². The Labute approximate surface area is 111 Å². The van der Waals surface area contributed by atoms with Gasteiger partial charge in [0.05, 0.1) is 5.69 Å². The highest BCUT2D eigenvalue weighted by molar-refractivity contribution is 6.32. The number of aromatic nitrogens is 1. The number of hydrogen-bond donors (Lipinski definition) is 1. The lowest BCUT2D eigenvalue weighted by Gasteiger charge is -2.07. The second-order valence-electron chi connectivity index (χ2n) is 3.55. The van der Waals surface area contributed by atoms with Crippen LogP contribution in [0.5, 0.6) is 0 Å². The van der Waals surface area contributed by atoms with Gasteiger partial charge in [0.2, 0.25) is 0 Å². The van der Waals surface area contributed by atoms with Crippen LogP contribution < -0.4 is 5.32 Å². The van der Waals surface area contributed by atoms with E-state index in [1.54, 1.807) is 0 Å². The van der Waals surface area contributed by atoms with Crippen LogP contribution in [0.15, 0.2) is 30.5 Å². The van der Waals surface area contributed by atoms with E-state index in [2.05, 4.69) is 10.3 Å². The number of halogens is 4. The van der Waals surface area contributed by atoms with Crippen molar-refractivity contribution in [1.82, 2.24) is 4.98 Å². The second kappa shape index (κ2) is 5.27. The number of pyridine rings is 1. The molecule has 2 rings (SSSR count). The van der Waals surface area contributed by atoms with E-state index < -0.39 is 23.4 Å². The third kappa shape index (κ3) is 2.85. The summed E-state index contributed by atoms with van der Waals surface area (Å²) in [7, 11) is 0. The first-order valence-electron chi connectivity index (χ1n) is 5.05. The van der Waals surface area contributed by atoms with Gasteiger partial charge in [0.25, 0.3) is 5.91 Å². The van der Waals surface area contributed by atoms with Gasteiger partial charge in [0, 0.05) is 11.8 Å². The molecule has 0 spiro atoms. The minimum absolute atomic E-state index is 0.0268. The SMILES string of the molecule is O=C(Nc1cccnc1Cl)c1cc(F)c(F)c(F)c1. The molecule has 0 bridgehead atoms. The average Bonchev–Trinajstić information content (AvgIpc) is 2.38. The van der Waals surface area contributed by atoms with Crippen molar-refractivity contribution in [3.05, 3.63) is 58.6 Å². The highest BCUT2D eigenvalue weighted by atomic mass is 35.5. The zero-order valence-corrected chi connectivity index (χ0v) is 10.0. The standard InChI is InChI=1S/C12H6ClF3N2O/c13-11-9(2-1-3-17-11)18-12(19)6-4-7(14)10(16)8(15)5-6/h1-5H,(H,18,19). The van der Waals surface area contributed by atoms with E-state index in [1.165, 1.54) is 18.3 Å². The Balaban J connectivity index is 2.28. The summed E-state index contributed by atoms with van der Waals surface area (Å²) in [6, 6.07) is 4.17. The topological polar surface area (TPSA) is 42.0 Å². The molecule has 2 aromatic rings. The van der Waals surface area contributed by atoms with Gasteiger partial charge < -0.3 is 5.32 Å². The van der Waals surface area contributed by atoms with Crippen molar-refractivity contribution >= 4 is 23.2 Å². The molecule has 0 aliphatic heterocycles. The molecule has 0 aliphatic carbocycles. The maximum atomic E-state index is 13.0. The molecule has 98 valence electrons. The van der Waals surface area contributed by atoms with Gasteiger partial charge >= 0.3 is 0 Å². The Bertz CT molecular complexity index is 626. The quantitative estimate of drug-likeness (QED) is 0.679. The molecule has 0 aliphatic rings. The van der Waals surface area contributed by atoms with Crippen LogP contribution in [0.3, 0.4) is 0 Å². The summed E-state index contributed by atoms with van der Waals surface area (Å²) in [6.45, 7) is 0. The molecule has 3 nitrogen and oxygen atoms in total. The number of nitrogens with one attached hydrogen (secondary N) is 1. The summed E-state index contributed by atoms with van der Waals surface area (Å²) in [5.41, 5.74) is -0.185. The highest BCUT2D eigenvalue weighted by Crippen LogP contribution is 2.19. The molecular formula is C12H6ClF3N2O. The lowest BCUT2D eigenvalue weighted by atomic mass is 10.2. The lowest BCUT2D eigenvalue weighted by molar-refractivity contribution is 0.102. The van der Waals surface area contributed by atoms with Crippen molar-refractivity contribution in [3.8, 4) is 0 Å². The van der Waals surface area contributed by atoms with Gasteiger partial charge in [0.15, 0.2) is 22.6 Å². The van der Waals surface area contributed by atoms with Gasteiger partial charge in [-0.25, -0.2) is 18.2 Å². The fourth-order valence-electron chi connectivity index (χ4n) is 1.36. The first kappa shape index (κ1) is 13.4. The smallest absolute Gasteiger partial charge is 0.255 e. The molecule has 0 atom stereocenters. The van der Waals surface area contributed by atoms with E-state index in [-0.39, 0.29) is 16.4 Å². The van der Waals surface area contributed by atoms with Crippen molar-refractivity contribution in [1.29, 1.82) is 0 Å². The Kier molecular flexibility index (Phi) is 3.71. The molecule has 1 N–H and O–H groups in total. The summed E-state index contributed by atoms with van der Waals surface area (Å²) in [5.74, 6) is -5.34. The monoisotopic (exact) mass is 286 g/mol. The summed E-state index contributed by atoms with van der Waals surface area (Å²) < 4.78 is 38.7. The summed E-state index contributed by atoms with van der Waals surface area (Å²) >= 11 is 5.71. The Morgan fingerprint density at radius 1 is 1.21 bits per heavy atom. The Morgan fingerprint density at radius 2 is 1.84 bits per heavy atom. The number of hydrogen-bond acceptors (Lipinski definition) is 2. The number of amides is 1. The third-order valence-electron chi connectivity index (χ3n) is 2.25. The molecule has 0 saturated heterocycles. The number of anilines is 1. The van der Waals surface area contributed by atoms with E-state index in [1.807, 2.05) is 0 Å². The number of benzene rings is 1. The van der Waals surface area contributed by atoms with Crippen LogP contribution in [0.1, 0.15) is 10.4 Å². The van der Waals surface area contributed by atoms with Crippen LogP contribution in [0, 0.1) is 17.5 Å². The summed E-state index contributed by atoms with van der Waals surface area (Å²) in [4.78, 5) is 15.4. The van der Waals surface area contributed by atoms with Crippen molar-refractivity contribution < 1.29 is 18.0 Å². The maximum Gasteiger partial charge on any atom is 0.255 e. The molecule has 0 saturated carbocycles.